The summed E-state index contributed by atoms with van der Waals surface area (Å²) in [4.78, 5) is 22.6. The summed E-state index contributed by atoms with van der Waals surface area (Å²) >= 11 is 1.67. The monoisotopic (exact) mass is 407 g/mol. The molecule has 2 fully saturated rings. The van der Waals surface area contributed by atoms with Crippen molar-refractivity contribution in [2.45, 2.75) is 45.6 Å². The molecule has 5 rings (SSSR count). The Hall–Kier alpha value is -1.98. The van der Waals surface area contributed by atoms with Crippen LogP contribution in [0.3, 0.4) is 0 Å². The van der Waals surface area contributed by atoms with E-state index < -0.39 is 0 Å². The van der Waals surface area contributed by atoms with E-state index in [-0.39, 0.29) is 5.43 Å². The minimum atomic E-state index is 0.0518. The van der Waals surface area contributed by atoms with Crippen LogP contribution in [0.15, 0.2) is 41.2 Å². The van der Waals surface area contributed by atoms with E-state index in [2.05, 4.69) is 41.8 Å². The maximum Gasteiger partial charge on any atom is 0.180 e. The van der Waals surface area contributed by atoms with Crippen LogP contribution < -0.4 is 10.3 Å². The summed E-state index contributed by atoms with van der Waals surface area (Å²) in [6.45, 7) is 9.44. The normalized spacial score (nSPS) is 20.2. The third kappa shape index (κ3) is 3.66. The van der Waals surface area contributed by atoms with Gasteiger partial charge in [0.05, 0.1) is 20.8 Å². The molecule has 0 atom stereocenters. The fraction of sp³-hybridized carbons (Fsp3) is 0.500. The topological polar surface area (TPSA) is 36.4 Å². The predicted molar refractivity (Wildman–Crippen MR) is 122 cm³/mol. The molecule has 0 radical (unpaired) electrons. The van der Waals surface area contributed by atoms with Gasteiger partial charge in [-0.1, -0.05) is 0 Å². The maximum absolute atomic E-state index is 11.7. The number of anilines is 1. The molecule has 1 aromatic carbocycles. The van der Waals surface area contributed by atoms with Crippen molar-refractivity contribution in [2.24, 2.45) is 5.41 Å². The summed E-state index contributed by atoms with van der Waals surface area (Å²) in [5.74, 6) is 0. The zero-order chi connectivity index (χ0) is 20.0. The maximum atomic E-state index is 11.7. The van der Waals surface area contributed by atoms with Gasteiger partial charge < -0.3 is 9.80 Å². The minimum Gasteiger partial charge on any atom is -0.371 e. The number of hydrogen-bond donors (Lipinski definition) is 0. The second-order valence-electron chi connectivity index (χ2n) is 9.11. The van der Waals surface area contributed by atoms with Crippen LogP contribution in [-0.4, -0.2) is 42.1 Å². The van der Waals surface area contributed by atoms with Gasteiger partial charge in [0, 0.05) is 30.9 Å². The number of piperidine rings is 2. The quantitative estimate of drug-likeness (QED) is 0.569. The van der Waals surface area contributed by atoms with Gasteiger partial charge in [-0.15, -0.1) is 11.3 Å². The first kappa shape index (κ1) is 19.0. The van der Waals surface area contributed by atoms with E-state index in [1.807, 2.05) is 6.07 Å². The Kier molecular flexibility index (Phi) is 4.83. The van der Waals surface area contributed by atoms with Crippen molar-refractivity contribution in [3.8, 4) is 10.6 Å². The van der Waals surface area contributed by atoms with E-state index in [0.29, 0.717) is 11.5 Å². The average molecular weight is 408 g/mol. The largest absolute Gasteiger partial charge is 0.371 e. The summed E-state index contributed by atoms with van der Waals surface area (Å²) in [6.07, 6.45) is 5.31. The van der Waals surface area contributed by atoms with Crippen LogP contribution in [0, 0.1) is 5.41 Å². The Bertz CT molecular complexity index is 1040. The highest BCUT2D eigenvalue weighted by molar-refractivity contribution is 7.21. The Morgan fingerprint density at radius 2 is 1.69 bits per heavy atom. The fourth-order valence-electron chi connectivity index (χ4n) is 5.04. The van der Waals surface area contributed by atoms with Gasteiger partial charge in [0.1, 0.15) is 0 Å². The smallest absolute Gasteiger partial charge is 0.180 e. The Labute approximate surface area is 176 Å². The number of nitrogens with zero attached hydrogens (tertiary/aromatic N) is 3. The highest BCUT2D eigenvalue weighted by Gasteiger charge is 2.38. The number of hydrogen-bond acceptors (Lipinski definition) is 5. The summed E-state index contributed by atoms with van der Waals surface area (Å²) in [5, 5.41) is 0. The molecular weight excluding hydrogens is 378 g/mol. The van der Waals surface area contributed by atoms with E-state index in [1.165, 1.54) is 44.5 Å². The molecule has 3 aliphatic heterocycles. The highest BCUT2D eigenvalue weighted by Crippen LogP contribution is 2.43. The third-order valence-corrected chi connectivity index (χ3v) is 8.21. The molecule has 1 aromatic rings. The summed E-state index contributed by atoms with van der Waals surface area (Å²) in [7, 11) is 0. The van der Waals surface area contributed by atoms with E-state index in [9.17, 15) is 4.79 Å². The summed E-state index contributed by atoms with van der Waals surface area (Å²) < 4.78 is 1.16. The molecule has 4 aliphatic rings. The van der Waals surface area contributed by atoms with Crippen molar-refractivity contribution in [2.75, 3.05) is 31.1 Å². The lowest BCUT2D eigenvalue weighted by atomic mass is 9.71. The second-order valence-corrected chi connectivity index (χ2v) is 10.2. The SMILES string of the molecule is CC(C)N1CCC2(CCN(c3ccc4nc5ccc(=O)cc-5sc4c3)CC2)CC1. The average Bonchev–Trinajstić information content (AvgIpc) is 2.73. The molecule has 2 saturated heterocycles. The molecule has 1 aliphatic carbocycles. The van der Waals surface area contributed by atoms with Crippen LogP contribution in [0.4, 0.5) is 5.69 Å². The van der Waals surface area contributed by atoms with Gasteiger partial charge in [-0.25, -0.2) is 4.98 Å². The zero-order valence-electron chi connectivity index (χ0n) is 17.4. The van der Waals surface area contributed by atoms with Crippen LogP contribution in [-0.2, 0) is 0 Å². The van der Waals surface area contributed by atoms with Crippen molar-refractivity contribution in [3.05, 3.63) is 46.6 Å². The van der Waals surface area contributed by atoms with Gasteiger partial charge in [0.25, 0.3) is 0 Å². The van der Waals surface area contributed by atoms with E-state index in [4.69, 9.17) is 4.98 Å². The predicted octanol–water partition coefficient (Wildman–Crippen LogP) is 4.85. The van der Waals surface area contributed by atoms with Crippen molar-refractivity contribution in [3.63, 3.8) is 0 Å². The first-order valence-electron chi connectivity index (χ1n) is 10.9. The fourth-order valence-corrected chi connectivity index (χ4v) is 6.07. The minimum absolute atomic E-state index is 0.0518. The first-order chi connectivity index (χ1) is 14.0. The molecule has 1 spiro atoms. The van der Waals surface area contributed by atoms with Gasteiger partial charge in [0.2, 0.25) is 0 Å². The van der Waals surface area contributed by atoms with Gasteiger partial charge in [0.15, 0.2) is 5.43 Å². The Morgan fingerprint density at radius 1 is 0.966 bits per heavy atom. The van der Waals surface area contributed by atoms with Crippen molar-refractivity contribution < 1.29 is 0 Å². The second kappa shape index (κ2) is 7.37. The van der Waals surface area contributed by atoms with Crippen LogP contribution in [0.25, 0.3) is 20.8 Å². The lowest BCUT2D eigenvalue weighted by Gasteiger charge is -2.48. The lowest BCUT2D eigenvalue weighted by Crippen LogP contribution is -2.48. The molecular formula is C24H29N3OS. The Balaban J connectivity index is 1.34. The van der Waals surface area contributed by atoms with Crippen LogP contribution >= 0.6 is 11.3 Å². The van der Waals surface area contributed by atoms with Crippen LogP contribution in [0.2, 0.25) is 0 Å². The van der Waals surface area contributed by atoms with Crippen LogP contribution in [0.5, 0.6) is 0 Å². The Morgan fingerprint density at radius 3 is 2.41 bits per heavy atom. The summed E-state index contributed by atoms with van der Waals surface area (Å²) in [5.41, 5.74) is 3.82. The molecule has 0 amide bonds. The number of benzene rings is 2. The van der Waals surface area contributed by atoms with Gasteiger partial charge in [-0.3, -0.25) is 4.79 Å². The van der Waals surface area contributed by atoms with Crippen molar-refractivity contribution in [1.82, 2.24) is 9.88 Å². The van der Waals surface area contributed by atoms with Gasteiger partial charge in [-0.05, 0) is 88.4 Å². The number of aromatic nitrogens is 1. The first-order valence-corrected chi connectivity index (χ1v) is 11.7. The summed E-state index contributed by atoms with van der Waals surface area (Å²) in [6, 6.07) is 12.4. The number of likely N-dealkylation sites (tertiary alicyclic amines) is 1. The number of fused-ring (bicyclic) bond motifs is 2. The van der Waals surface area contributed by atoms with E-state index >= 15 is 0 Å². The van der Waals surface area contributed by atoms with E-state index in [0.717, 1.165) is 33.9 Å². The molecule has 4 nitrogen and oxygen atoms in total. The molecule has 29 heavy (non-hydrogen) atoms. The van der Waals surface area contributed by atoms with Crippen molar-refractivity contribution in [1.29, 1.82) is 0 Å². The zero-order valence-corrected chi connectivity index (χ0v) is 18.2. The van der Waals surface area contributed by atoms with Crippen LogP contribution in [0.1, 0.15) is 39.5 Å². The molecule has 0 N–H and O–H groups in total. The standard InChI is InChI=1S/C24H29N3OS/c1-17(2)26-11-7-24(8-12-26)9-13-27(14-10-24)18-3-5-20-22(15-18)29-23-16-19(28)4-6-21(23)25-20/h3-6,15-17H,7-14H2,1-2H3. The molecule has 0 bridgehead atoms. The molecule has 5 heteroatoms. The third-order valence-electron chi connectivity index (χ3n) is 7.11. The molecule has 0 aromatic heterocycles. The number of rotatable bonds is 2. The van der Waals surface area contributed by atoms with Gasteiger partial charge >= 0.3 is 0 Å². The highest BCUT2D eigenvalue weighted by atomic mass is 32.1. The van der Waals surface area contributed by atoms with Crippen molar-refractivity contribution >= 4 is 27.2 Å². The van der Waals surface area contributed by atoms with E-state index in [1.54, 1.807) is 23.5 Å². The van der Waals surface area contributed by atoms with Gasteiger partial charge in [-0.2, -0.15) is 0 Å². The lowest BCUT2D eigenvalue weighted by molar-refractivity contribution is 0.0632. The molecule has 0 unspecified atom stereocenters. The molecule has 3 heterocycles. The molecule has 152 valence electrons. The molecule has 0 saturated carbocycles.